The zero-order valence-electron chi connectivity index (χ0n) is 17.7. The number of hydrogen-bond acceptors (Lipinski definition) is 5. The predicted octanol–water partition coefficient (Wildman–Crippen LogP) is 3.64. The maximum absolute atomic E-state index is 13.5. The molecule has 156 valence electrons. The van der Waals surface area contributed by atoms with Gasteiger partial charge in [-0.15, -0.1) is 0 Å². The van der Waals surface area contributed by atoms with E-state index >= 15 is 0 Å². The van der Waals surface area contributed by atoms with Crippen molar-refractivity contribution in [2.24, 2.45) is 0 Å². The fourth-order valence-corrected chi connectivity index (χ4v) is 4.20. The molecule has 0 aliphatic carbocycles. The second-order valence-electron chi connectivity index (χ2n) is 7.57. The highest BCUT2D eigenvalue weighted by atomic mass is 16.3. The topological polar surface area (TPSA) is 66.7 Å². The van der Waals surface area contributed by atoms with Gasteiger partial charge in [0.15, 0.2) is 5.43 Å². The zero-order chi connectivity index (χ0) is 21.3. The van der Waals surface area contributed by atoms with Crippen LogP contribution in [-0.4, -0.2) is 46.9 Å². The normalized spacial score (nSPS) is 15.9. The van der Waals surface area contributed by atoms with Crippen LogP contribution in [0.4, 0.5) is 0 Å². The van der Waals surface area contributed by atoms with Crippen LogP contribution in [0.15, 0.2) is 51.9 Å². The van der Waals surface area contributed by atoms with Crippen molar-refractivity contribution in [3.05, 3.63) is 75.4 Å². The summed E-state index contributed by atoms with van der Waals surface area (Å²) in [5.74, 6) is -0.0596. The SMILES string of the molecule is CCc1ccc2oc3c(c(=O)c2c1)C(c1ccncc1)N(CCN(CC)CC)C3=O. The molecule has 0 saturated heterocycles. The van der Waals surface area contributed by atoms with Crippen molar-refractivity contribution < 1.29 is 9.21 Å². The van der Waals surface area contributed by atoms with Gasteiger partial charge in [-0.05, 0) is 54.9 Å². The van der Waals surface area contributed by atoms with Crippen LogP contribution in [-0.2, 0) is 6.42 Å². The lowest BCUT2D eigenvalue weighted by Gasteiger charge is -2.28. The summed E-state index contributed by atoms with van der Waals surface area (Å²) in [6.07, 6.45) is 4.21. The fourth-order valence-electron chi connectivity index (χ4n) is 4.20. The molecule has 1 aliphatic heterocycles. The lowest BCUT2D eigenvalue weighted by Crippen LogP contribution is -2.37. The second-order valence-corrected chi connectivity index (χ2v) is 7.57. The Morgan fingerprint density at radius 2 is 1.80 bits per heavy atom. The summed E-state index contributed by atoms with van der Waals surface area (Å²) in [5, 5.41) is 0.533. The van der Waals surface area contributed by atoms with Crippen molar-refractivity contribution in [1.82, 2.24) is 14.8 Å². The Balaban J connectivity index is 1.87. The Kier molecular flexibility index (Phi) is 5.68. The highest BCUT2D eigenvalue weighted by Crippen LogP contribution is 2.37. The Hall–Kier alpha value is -2.99. The molecule has 0 fully saturated rings. The van der Waals surface area contributed by atoms with Gasteiger partial charge < -0.3 is 14.2 Å². The first-order valence-electron chi connectivity index (χ1n) is 10.6. The molecule has 1 unspecified atom stereocenters. The number of hydrogen-bond donors (Lipinski definition) is 0. The van der Waals surface area contributed by atoms with Gasteiger partial charge in [-0.3, -0.25) is 14.6 Å². The molecule has 2 aromatic heterocycles. The van der Waals surface area contributed by atoms with E-state index in [1.165, 1.54) is 0 Å². The molecule has 3 heterocycles. The Morgan fingerprint density at radius 3 is 2.47 bits per heavy atom. The number of likely N-dealkylation sites (N-methyl/N-ethyl adjacent to an activating group) is 1. The third-order valence-corrected chi connectivity index (χ3v) is 6.01. The fraction of sp³-hybridized carbons (Fsp3) is 0.375. The molecule has 30 heavy (non-hydrogen) atoms. The van der Waals surface area contributed by atoms with Crippen molar-refractivity contribution in [2.75, 3.05) is 26.2 Å². The van der Waals surface area contributed by atoms with Crippen LogP contribution in [0.1, 0.15) is 54.1 Å². The first-order valence-corrected chi connectivity index (χ1v) is 10.6. The molecule has 6 heteroatoms. The van der Waals surface area contributed by atoms with E-state index in [0.717, 1.165) is 37.2 Å². The molecule has 1 aliphatic rings. The van der Waals surface area contributed by atoms with Crippen molar-refractivity contribution in [2.45, 2.75) is 33.2 Å². The molecule has 0 radical (unpaired) electrons. The predicted molar refractivity (Wildman–Crippen MR) is 117 cm³/mol. The Morgan fingerprint density at radius 1 is 1.07 bits per heavy atom. The molecule has 1 aromatic carbocycles. The average molecular weight is 405 g/mol. The van der Waals surface area contributed by atoms with Crippen LogP contribution < -0.4 is 5.43 Å². The smallest absolute Gasteiger partial charge is 0.290 e. The summed E-state index contributed by atoms with van der Waals surface area (Å²) in [6.45, 7) is 9.34. The summed E-state index contributed by atoms with van der Waals surface area (Å²) in [7, 11) is 0. The molecule has 1 atom stereocenters. The van der Waals surface area contributed by atoms with Crippen LogP contribution in [0.5, 0.6) is 0 Å². The molecule has 0 N–H and O–H groups in total. The van der Waals surface area contributed by atoms with Gasteiger partial charge in [-0.25, -0.2) is 0 Å². The molecule has 0 bridgehead atoms. The average Bonchev–Trinajstić information content (AvgIpc) is 3.07. The van der Waals surface area contributed by atoms with Crippen LogP contribution in [0.2, 0.25) is 0 Å². The largest absolute Gasteiger partial charge is 0.450 e. The van der Waals surface area contributed by atoms with Crippen LogP contribution in [0.3, 0.4) is 0 Å². The maximum Gasteiger partial charge on any atom is 0.290 e. The third kappa shape index (κ3) is 3.41. The van der Waals surface area contributed by atoms with Crippen molar-refractivity contribution in [3.63, 3.8) is 0 Å². The first kappa shape index (κ1) is 20.3. The highest BCUT2D eigenvalue weighted by Gasteiger charge is 2.42. The van der Waals surface area contributed by atoms with Crippen LogP contribution >= 0.6 is 0 Å². The van der Waals surface area contributed by atoms with Gasteiger partial charge in [-0.1, -0.05) is 26.8 Å². The quantitative estimate of drug-likeness (QED) is 0.600. The molecular formula is C24H27N3O3. The molecule has 3 aromatic rings. The zero-order valence-corrected chi connectivity index (χ0v) is 17.7. The summed E-state index contributed by atoms with van der Waals surface area (Å²) in [6, 6.07) is 8.89. The molecular weight excluding hydrogens is 378 g/mol. The lowest BCUT2D eigenvalue weighted by atomic mass is 9.98. The Labute approximate surface area is 176 Å². The third-order valence-electron chi connectivity index (χ3n) is 6.01. The number of rotatable bonds is 7. The van der Waals surface area contributed by atoms with Gasteiger partial charge in [0.05, 0.1) is 17.0 Å². The minimum Gasteiger partial charge on any atom is -0.450 e. The van der Waals surface area contributed by atoms with Gasteiger partial charge in [-0.2, -0.15) is 0 Å². The van der Waals surface area contributed by atoms with Crippen molar-refractivity contribution >= 4 is 16.9 Å². The van der Waals surface area contributed by atoms with Gasteiger partial charge in [0, 0.05) is 25.5 Å². The van der Waals surface area contributed by atoms with E-state index < -0.39 is 6.04 Å². The van der Waals surface area contributed by atoms with Gasteiger partial charge in [0.1, 0.15) is 5.58 Å². The van der Waals surface area contributed by atoms with E-state index in [4.69, 9.17) is 4.42 Å². The molecule has 0 saturated carbocycles. The number of aromatic nitrogens is 1. The van der Waals surface area contributed by atoms with E-state index in [-0.39, 0.29) is 17.1 Å². The van der Waals surface area contributed by atoms with Gasteiger partial charge >= 0.3 is 0 Å². The number of benzene rings is 1. The van der Waals surface area contributed by atoms with E-state index in [9.17, 15) is 9.59 Å². The number of carbonyl (C=O) groups excluding carboxylic acids is 1. The summed E-state index contributed by atoms with van der Waals surface area (Å²) < 4.78 is 6.02. The van der Waals surface area contributed by atoms with Crippen molar-refractivity contribution in [3.8, 4) is 0 Å². The number of pyridine rings is 1. The summed E-state index contributed by atoms with van der Waals surface area (Å²) in [5.41, 5.74) is 2.71. The minimum atomic E-state index is -0.461. The molecule has 6 nitrogen and oxygen atoms in total. The van der Waals surface area contributed by atoms with E-state index in [0.29, 0.717) is 23.1 Å². The van der Waals surface area contributed by atoms with Crippen molar-refractivity contribution in [1.29, 1.82) is 0 Å². The minimum absolute atomic E-state index is 0.123. The number of nitrogens with zero attached hydrogens (tertiary/aromatic N) is 3. The van der Waals surface area contributed by atoms with Gasteiger partial charge in [0.2, 0.25) is 5.76 Å². The molecule has 0 spiro atoms. The van der Waals surface area contributed by atoms with Crippen LogP contribution in [0, 0.1) is 0 Å². The molecule has 4 rings (SSSR count). The monoisotopic (exact) mass is 405 g/mol. The summed E-state index contributed by atoms with van der Waals surface area (Å²) >= 11 is 0. The molecule has 1 amide bonds. The van der Waals surface area contributed by atoms with E-state index in [1.807, 2.05) is 31.2 Å². The standard InChI is InChI=1S/C24H27N3O3/c1-4-16-7-8-19-18(15-16)22(28)20-21(17-9-11-25-12-10-17)27(24(29)23(20)30-19)14-13-26(5-2)6-3/h7-12,15,21H,4-6,13-14H2,1-3H3. The first-order chi connectivity index (χ1) is 14.6. The van der Waals surface area contributed by atoms with Gasteiger partial charge in [0.25, 0.3) is 5.91 Å². The van der Waals surface area contributed by atoms with E-state index in [2.05, 4.69) is 23.7 Å². The highest BCUT2D eigenvalue weighted by molar-refractivity contribution is 5.99. The second kappa shape index (κ2) is 8.40. The lowest BCUT2D eigenvalue weighted by molar-refractivity contribution is 0.0708. The van der Waals surface area contributed by atoms with E-state index in [1.54, 1.807) is 23.4 Å². The summed E-state index contributed by atoms with van der Waals surface area (Å²) in [4.78, 5) is 35.0. The van der Waals surface area contributed by atoms with Crippen LogP contribution in [0.25, 0.3) is 11.0 Å². The number of fused-ring (bicyclic) bond motifs is 2. The number of aryl methyl sites for hydroxylation is 1. The Bertz CT molecular complexity index is 1120. The number of carbonyl (C=O) groups is 1. The number of amides is 1. The maximum atomic E-state index is 13.5.